The van der Waals surface area contributed by atoms with Crippen LogP contribution in [0.2, 0.25) is 0 Å². The SMILES string of the molecule is CC(C)C(=O)OC(=O)c1cc(-n2ccc3ccncc32)ncc1Br. The van der Waals surface area contributed by atoms with Crippen LogP contribution in [0.4, 0.5) is 0 Å². The minimum Gasteiger partial charge on any atom is -0.389 e. The summed E-state index contributed by atoms with van der Waals surface area (Å²) >= 11 is 3.27. The van der Waals surface area contributed by atoms with E-state index < -0.39 is 11.9 Å². The van der Waals surface area contributed by atoms with Gasteiger partial charge < -0.3 is 4.74 Å². The average molecular weight is 388 g/mol. The molecule has 122 valence electrons. The zero-order valence-corrected chi connectivity index (χ0v) is 14.6. The molecule has 0 atom stereocenters. The summed E-state index contributed by atoms with van der Waals surface area (Å²) in [6.45, 7) is 3.34. The van der Waals surface area contributed by atoms with Gasteiger partial charge in [0.15, 0.2) is 0 Å². The lowest BCUT2D eigenvalue weighted by atomic mass is 10.2. The number of pyridine rings is 2. The van der Waals surface area contributed by atoms with E-state index in [0.717, 1.165) is 10.9 Å². The number of hydrogen-bond donors (Lipinski definition) is 0. The lowest BCUT2D eigenvalue weighted by Crippen LogP contribution is -2.18. The summed E-state index contributed by atoms with van der Waals surface area (Å²) in [6.07, 6.45) is 6.78. The average Bonchev–Trinajstić information content (AvgIpc) is 2.99. The van der Waals surface area contributed by atoms with E-state index in [2.05, 4.69) is 25.9 Å². The number of esters is 2. The number of fused-ring (bicyclic) bond motifs is 1. The summed E-state index contributed by atoms with van der Waals surface area (Å²) in [5, 5.41) is 1.01. The molecule has 0 radical (unpaired) electrons. The van der Waals surface area contributed by atoms with Crippen molar-refractivity contribution in [3.8, 4) is 5.82 Å². The van der Waals surface area contributed by atoms with Crippen LogP contribution in [0.3, 0.4) is 0 Å². The molecule has 3 aromatic heterocycles. The second-order valence-electron chi connectivity index (χ2n) is 5.51. The predicted molar refractivity (Wildman–Crippen MR) is 91.8 cm³/mol. The predicted octanol–water partition coefficient (Wildman–Crippen LogP) is 3.52. The number of rotatable bonds is 3. The van der Waals surface area contributed by atoms with Crippen LogP contribution >= 0.6 is 15.9 Å². The molecule has 0 N–H and O–H groups in total. The molecule has 0 aliphatic rings. The minimum absolute atomic E-state index is 0.236. The van der Waals surface area contributed by atoms with E-state index >= 15 is 0 Å². The third-order valence-corrected chi connectivity index (χ3v) is 4.10. The standard InChI is InChI=1S/C17H14BrN3O3/c1-10(2)16(22)24-17(23)12-7-15(20-8-13(12)18)21-6-4-11-3-5-19-9-14(11)21/h3-10H,1-2H3. The van der Waals surface area contributed by atoms with Gasteiger partial charge >= 0.3 is 11.9 Å². The highest BCUT2D eigenvalue weighted by atomic mass is 79.9. The summed E-state index contributed by atoms with van der Waals surface area (Å²) < 4.78 is 7.16. The molecule has 0 saturated heterocycles. The van der Waals surface area contributed by atoms with E-state index in [-0.39, 0.29) is 11.5 Å². The maximum absolute atomic E-state index is 12.2. The lowest BCUT2D eigenvalue weighted by Gasteiger charge is -2.09. The van der Waals surface area contributed by atoms with Crippen LogP contribution in [0.25, 0.3) is 16.7 Å². The van der Waals surface area contributed by atoms with Crippen molar-refractivity contribution in [1.29, 1.82) is 0 Å². The van der Waals surface area contributed by atoms with E-state index in [1.54, 1.807) is 32.3 Å². The summed E-state index contributed by atoms with van der Waals surface area (Å²) in [7, 11) is 0. The fourth-order valence-corrected chi connectivity index (χ4v) is 2.53. The maximum atomic E-state index is 12.2. The van der Waals surface area contributed by atoms with Crippen LogP contribution in [0, 0.1) is 5.92 Å². The maximum Gasteiger partial charge on any atom is 0.347 e. The quantitative estimate of drug-likeness (QED) is 0.507. The van der Waals surface area contributed by atoms with Crippen molar-refractivity contribution in [1.82, 2.24) is 14.5 Å². The van der Waals surface area contributed by atoms with Gasteiger partial charge in [-0.25, -0.2) is 9.78 Å². The van der Waals surface area contributed by atoms with E-state index in [1.165, 1.54) is 6.20 Å². The number of aromatic nitrogens is 3. The summed E-state index contributed by atoms with van der Waals surface area (Å²) in [5.41, 5.74) is 1.10. The smallest absolute Gasteiger partial charge is 0.347 e. The van der Waals surface area contributed by atoms with Crippen LogP contribution < -0.4 is 0 Å². The molecule has 0 aromatic carbocycles. The Kier molecular flexibility index (Phi) is 4.44. The molecule has 3 heterocycles. The molecule has 0 aliphatic carbocycles. The fraction of sp³-hybridized carbons (Fsp3) is 0.176. The Morgan fingerprint density at radius 1 is 1.25 bits per heavy atom. The van der Waals surface area contributed by atoms with Gasteiger partial charge in [-0.15, -0.1) is 0 Å². The third kappa shape index (κ3) is 3.07. The number of hydrogen-bond acceptors (Lipinski definition) is 5. The van der Waals surface area contributed by atoms with Gasteiger partial charge in [-0.3, -0.25) is 14.3 Å². The monoisotopic (exact) mass is 387 g/mol. The Hall–Kier alpha value is -2.54. The molecule has 3 aromatic rings. The highest BCUT2D eigenvalue weighted by Gasteiger charge is 2.19. The molecular weight excluding hydrogens is 374 g/mol. The Balaban J connectivity index is 2.00. The van der Waals surface area contributed by atoms with E-state index in [1.807, 2.05) is 22.9 Å². The molecule has 7 heteroatoms. The Morgan fingerprint density at radius 2 is 2.04 bits per heavy atom. The van der Waals surface area contributed by atoms with Crippen LogP contribution in [0.1, 0.15) is 24.2 Å². The van der Waals surface area contributed by atoms with Crippen molar-refractivity contribution >= 4 is 38.8 Å². The molecule has 0 fully saturated rings. The zero-order chi connectivity index (χ0) is 17.3. The molecular formula is C17H14BrN3O3. The van der Waals surface area contributed by atoms with Crippen molar-refractivity contribution in [3.05, 3.63) is 53.0 Å². The van der Waals surface area contributed by atoms with Gasteiger partial charge in [0.1, 0.15) is 5.82 Å². The second kappa shape index (κ2) is 6.52. The highest BCUT2D eigenvalue weighted by Crippen LogP contribution is 2.23. The number of nitrogens with zero attached hydrogens (tertiary/aromatic N) is 3. The summed E-state index contributed by atoms with van der Waals surface area (Å²) in [6, 6.07) is 5.40. The topological polar surface area (TPSA) is 74.1 Å². The first-order valence-electron chi connectivity index (χ1n) is 7.30. The van der Waals surface area contributed by atoms with Crippen LogP contribution in [0.5, 0.6) is 0 Å². The molecule has 0 unspecified atom stereocenters. The first kappa shape index (κ1) is 16.3. The van der Waals surface area contributed by atoms with Crippen molar-refractivity contribution < 1.29 is 14.3 Å². The van der Waals surface area contributed by atoms with E-state index in [0.29, 0.717) is 10.3 Å². The zero-order valence-electron chi connectivity index (χ0n) is 13.1. The van der Waals surface area contributed by atoms with Gasteiger partial charge in [-0.2, -0.15) is 0 Å². The summed E-state index contributed by atoms with van der Waals surface area (Å²) in [5.74, 6) is -1.13. The van der Waals surface area contributed by atoms with Crippen molar-refractivity contribution in [2.24, 2.45) is 5.92 Å². The van der Waals surface area contributed by atoms with Crippen LogP contribution in [-0.2, 0) is 9.53 Å². The van der Waals surface area contributed by atoms with E-state index in [4.69, 9.17) is 4.74 Å². The van der Waals surface area contributed by atoms with Crippen molar-refractivity contribution in [3.63, 3.8) is 0 Å². The minimum atomic E-state index is -0.709. The fourth-order valence-electron chi connectivity index (χ4n) is 2.15. The van der Waals surface area contributed by atoms with Gasteiger partial charge in [-0.05, 0) is 34.1 Å². The van der Waals surface area contributed by atoms with Gasteiger partial charge in [0.25, 0.3) is 0 Å². The molecule has 0 aliphatic heterocycles. The molecule has 24 heavy (non-hydrogen) atoms. The third-order valence-electron chi connectivity index (χ3n) is 3.47. The normalized spacial score (nSPS) is 11.0. The van der Waals surface area contributed by atoms with Gasteiger partial charge in [-0.1, -0.05) is 13.8 Å². The molecule has 0 bridgehead atoms. The first-order chi connectivity index (χ1) is 11.5. The molecule has 3 rings (SSSR count). The van der Waals surface area contributed by atoms with Gasteiger partial charge in [0, 0.05) is 24.0 Å². The second-order valence-corrected chi connectivity index (χ2v) is 6.36. The Morgan fingerprint density at radius 3 is 2.79 bits per heavy atom. The van der Waals surface area contributed by atoms with E-state index in [9.17, 15) is 9.59 Å². The molecule has 0 saturated carbocycles. The lowest BCUT2D eigenvalue weighted by molar-refractivity contribution is -0.141. The largest absolute Gasteiger partial charge is 0.389 e. The summed E-state index contributed by atoms with van der Waals surface area (Å²) in [4.78, 5) is 32.3. The van der Waals surface area contributed by atoms with Crippen molar-refractivity contribution in [2.75, 3.05) is 0 Å². The first-order valence-corrected chi connectivity index (χ1v) is 8.09. The molecule has 6 nitrogen and oxygen atoms in total. The highest BCUT2D eigenvalue weighted by molar-refractivity contribution is 9.10. The number of carbonyl (C=O) groups is 2. The number of ether oxygens (including phenoxy) is 1. The molecule has 0 amide bonds. The Labute approximate surface area is 146 Å². The van der Waals surface area contributed by atoms with Crippen LogP contribution in [-0.4, -0.2) is 26.5 Å². The van der Waals surface area contributed by atoms with Crippen LogP contribution in [0.15, 0.2) is 47.5 Å². The number of halogens is 1. The number of carbonyl (C=O) groups excluding carboxylic acids is 2. The van der Waals surface area contributed by atoms with Crippen molar-refractivity contribution in [2.45, 2.75) is 13.8 Å². The van der Waals surface area contributed by atoms with Gasteiger partial charge in [0.2, 0.25) is 0 Å². The Bertz CT molecular complexity index is 934. The van der Waals surface area contributed by atoms with Gasteiger partial charge in [0.05, 0.1) is 27.7 Å². The molecule has 0 spiro atoms.